The van der Waals surface area contributed by atoms with Crippen LogP contribution in [0.3, 0.4) is 0 Å². The van der Waals surface area contributed by atoms with Gasteiger partial charge in [-0.05, 0) is 31.9 Å². The minimum absolute atomic E-state index is 0.0645. The molecule has 0 radical (unpaired) electrons. The van der Waals surface area contributed by atoms with Crippen LogP contribution in [0.25, 0.3) is 0 Å². The van der Waals surface area contributed by atoms with E-state index in [9.17, 15) is 9.90 Å². The standard InChI is InChI=1S/C14H19NO2/c1-10-12(8-5-9-13(10)16)14(17)15-11-6-3-2-4-7-11/h5,8-9,11,16H,2-4,6-7H2,1H3,(H,15,17). The van der Waals surface area contributed by atoms with Gasteiger partial charge in [0.2, 0.25) is 0 Å². The molecule has 0 heterocycles. The number of aromatic hydroxyl groups is 1. The summed E-state index contributed by atoms with van der Waals surface area (Å²) in [5, 5.41) is 12.6. The highest BCUT2D eigenvalue weighted by molar-refractivity contribution is 5.96. The number of phenolic OH excluding ortho intramolecular Hbond substituents is 1. The normalized spacial score (nSPS) is 16.8. The molecule has 2 N–H and O–H groups in total. The number of rotatable bonds is 2. The lowest BCUT2D eigenvalue weighted by atomic mass is 9.95. The van der Waals surface area contributed by atoms with Crippen LogP contribution in [0, 0.1) is 6.92 Å². The summed E-state index contributed by atoms with van der Waals surface area (Å²) in [6.45, 7) is 1.77. The van der Waals surface area contributed by atoms with Gasteiger partial charge in [-0.25, -0.2) is 0 Å². The van der Waals surface area contributed by atoms with Gasteiger partial charge in [-0.2, -0.15) is 0 Å². The fourth-order valence-corrected chi connectivity index (χ4v) is 2.38. The van der Waals surface area contributed by atoms with Gasteiger partial charge in [0.05, 0.1) is 0 Å². The fourth-order valence-electron chi connectivity index (χ4n) is 2.38. The van der Waals surface area contributed by atoms with Crippen LogP contribution >= 0.6 is 0 Å². The van der Waals surface area contributed by atoms with Gasteiger partial charge in [0.15, 0.2) is 0 Å². The summed E-state index contributed by atoms with van der Waals surface area (Å²) in [5.74, 6) is 0.117. The number of carbonyl (C=O) groups excluding carboxylic acids is 1. The minimum atomic E-state index is -0.0645. The quantitative estimate of drug-likeness (QED) is 0.825. The molecule has 1 aromatic rings. The van der Waals surface area contributed by atoms with Crippen molar-refractivity contribution >= 4 is 5.91 Å². The average Bonchev–Trinajstić information content (AvgIpc) is 2.34. The molecule has 1 aliphatic rings. The monoisotopic (exact) mass is 233 g/mol. The van der Waals surface area contributed by atoms with Gasteiger partial charge in [-0.15, -0.1) is 0 Å². The molecule has 92 valence electrons. The number of phenols is 1. The Kier molecular flexibility index (Phi) is 3.67. The summed E-state index contributed by atoms with van der Waals surface area (Å²) >= 11 is 0. The maximum atomic E-state index is 12.1. The highest BCUT2D eigenvalue weighted by Gasteiger charge is 2.18. The van der Waals surface area contributed by atoms with Crippen LogP contribution in [0.5, 0.6) is 5.75 Å². The summed E-state index contributed by atoms with van der Waals surface area (Å²) in [4.78, 5) is 12.1. The number of hydrogen-bond acceptors (Lipinski definition) is 2. The molecule has 17 heavy (non-hydrogen) atoms. The summed E-state index contributed by atoms with van der Waals surface area (Å²) in [6, 6.07) is 5.37. The molecule has 3 nitrogen and oxygen atoms in total. The maximum Gasteiger partial charge on any atom is 0.251 e. The molecular formula is C14H19NO2. The second-order valence-corrected chi connectivity index (χ2v) is 4.76. The third-order valence-electron chi connectivity index (χ3n) is 3.49. The zero-order valence-corrected chi connectivity index (χ0v) is 10.2. The third-order valence-corrected chi connectivity index (χ3v) is 3.49. The van der Waals surface area contributed by atoms with E-state index in [0.717, 1.165) is 12.8 Å². The van der Waals surface area contributed by atoms with Crippen LogP contribution in [0.4, 0.5) is 0 Å². The average molecular weight is 233 g/mol. The molecule has 0 saturated heterocycles. The zero-order valence-electron chi connectivity index (χ0n) is 10.2. The number of amides is 1. The predicted molar refractivity (Wildman–Crippen MR) is 67.2 cm³/mol. The molecule has 3 heteroatoms. The summed E-state index contributed by atoms with van der Waals surface area (Å²) in [6.07, 6.45) is 5.82. The van der Waals surface area contributed by atoms with E-state index in [0.29, 0.717) is 17.2 Å². The van der Waals surface area contributed by atoms with Crippen LogP contribution in [0.1, 0.15) is 48.0 Å². The van der Waals surface area contributed by atoms with Crippen molar-refractivity contribution in [3.05, 3.63) is 29.3 Å². The highest BCUT2D eigenvalue weighted by Crippen LogP contribution is 2.21. The fraction of sp³-hybridized carbons (Fsp3) is 0.500. The van der Waals surface area contributed by atoms with E-state index in [1.807, 2.05) is 0 Å². The second kappa shape index (κ2) is 5.21. The molecular weight excluding hydrogens is 214 g/mol. The Morgan fingerprint density at radius 3 is 2.71 bits per heavy atom. The van der Waals surface area contributed by atoms with Gasteiger partial charge < -0.3 is 10.4 Å². The van der Waals surface area contributed by atoms with E-state index >= 15 is 0 Å². The van der Waals surface area contributed by atoms with E-state index in [1.54, 1.807) is 25.1 Å². The SMILES string of the molecule is Cc1c(O)cccc1C(=O)NC1CCCCC1. The third kappa shape index (κ3) is 2.78. The van der Waals surface area contributed by atoms with Crippen molar-refractivity contribution in [2.75, 3.05) is 0 Å². The lowest BCUT2D eigenvalue weighted by Gasteiger charge is -2.23. The first-order valence-electron chi connectivity index (χ1n) is 6.28. The van der Waals surface area contributed by atoms with Gasteiger partial charge in [0, 0.05) is 17.2 Å². The van der Waals surface area contributed by atoms with E-state index in [2.05, 4.69) is 5.32 Å². The van der Waals surface area contributed by atoms with Crippen molar-refractivity contribution in [2.24, 2.45) is 0 Å². The second-order valence-electron chi connectivity index (χ2n) is 4.76. The maximum absolute atomic E-state index is 12.1. The first kappa shape index (κ1) is 12.0. The van der Waals surface area contributed by atoms with E-state index in [1.165, 1.54) is 19.3 Å². The highest BCUT2D eigenvalue weighted by atomic mass is 16.3. The molecule has 2 rings (SSSR count). The molecule has 0 aromatic heterocycles. The van der Waals surface area contributed by atoms with E-state index in [-0.39, 0.29) is 11.7 Å². The van der Waals surface area contributed by atoms with Gasteiger partial charge in [0.1, 0.15) is 5.75 Å². The Labute approximate surface area is 102 Å². The first-order valence-corrected chi connectivity index (χ1v) is 6.28. The zero-order chi connectivity index (χ0) is 12.3. The lowest BCUT2D eigenvalue weighted by Crippen LogP contribution is -2.36. The number of nitrogens with one attached hydrogen (secondary N) is 1. The number of carbonyl (C=O) groups is 1. The molecule has 1 amide bonds. The van der Waals surface area contributed by atoms with Gasteiger partial charge >= 0.3 is 0 Å². The topological polar surface area (TPSA) is 49.3 Å². The molecule has 0 atom stereocenters. The van der Waals surface area contributed by atoms with Gasteiger partial charge in [-0.3, -0.25) is 4.79 Å². The smallest absolute Gasteiger partial charge is 0.251 e. The van der Waals surface area contributed by atoms with Gasteiger partial charge in [-0.1, -0.05) is 25.3 Å². The summed E-state index contributed by atoms with van der Waals surface area (Å²) in [5.41, 5.74) is 1.23. The number of benzene rings is 1. The minimum Gasteiger partial charge on any atom is -0.508 e. The Balaban J connectivity index is 2.06. The summed E-state index contributed by atoms with van der Waals surface area (Å²) < 4.78 is 0. The van der Waals surface area contributed by atoms with Crippen LogP contribution in [-0.4, -0.2) is 17.1 Å². The Hall–Kier alpha value is -1.51. The van der Waals surface area contributed by atoms with Crippen molar-refractivity contribution in [1.82, 2.24) is 5.32 Å². The van der Waals surface area contributed by atoms with Crippen molar-refractivity contribution in [2.45, 2.75) is 45.1 Å². The lowest BCUT2D eigenvalue weighted by molar-refractivity contribution is 0.0926. The van der Waals surface area contributed by atoms with E-state index in [4.69, 9.17) is 0 Å². The van der Waals surface area contributed by atoms with Crippen molar-refractivity contribution in [3.8, 4) is 5.75 Å². The number of hydrogen-bond donors (Lipinski definition) is 2. The van der Waals surface area contributed by atoms with Gasteiger partial charge in [0.25, 0.3) is 5.91 Å². The van der Waals surface area contributed by atoms with Crippen molar-refractivity contribution in [1.29, 1.82) is 0 Å². The molecule has 1 fully saturated rings. The Bertz CT molecular complexity index is 409. The first-order chi connectivity index (χ1) is 8.18. The molecule has 1 aliphatic carbocycles. The van der Waals surface area contributed by atoms with Crippen molar-refractivity contribution < 1.29 is 9.90 Å². The van der Waals surface area contributed by atoms with Crippen LogP contribution in [0.15, 0.2) is 18.2 Å². The van der Waals surface area contributed by atoms with Crippen molar-refractivity contribution in [3.63, 3.8) is 0 Å². The molecule has 1 saturated carbocycles. The van der Waals surface area contributed by atoms with Crippen LogP contribution < -0.4 is 5.32 Å². The van der Waals surface area contributed by atoms with E-state index < -0.39 is 0 Å². The van der Waals surface area contributed by atoms with Crippen LogP contribution in [0.2, 0.25) is 0 Å². The Morgan fingerprint density at radius 2 is 2.00 bits per heavy atom. The summed E-state index contributed by atoms with van der Waals surface area (Å²) in [7, 11) is 0. The van der Waals surface area contributed by atoms with Crippen LogP contribution in [-0.2, 0) is 0 Å². The molecule has 0 bridgehead atoms. The molecule has 0 spiro atoms. The molecule has 1 aromatic carbocycles. The predicted octanol–water partition coefficient (Wildman–Crippen LogP) is 2.76. The Morgan fingerprint density at radius 1 is 1.29 bits per heavy atom. The molecule has 0 aliphatic heterocycles. The molecule has 0 unspecified atom stereocenters. The largest absolute Gasteiger partial charge is 0.508 e.